The summed E-state index contributed by atoms with van der Waals surface area (Å²) in [5.41, 5.74) is 1.76. The molecule has 0 unspecified atom stereocenters. The summed E-state index contributed by atoms with van der Waals surface area (Å²) in [6, 6.07) is 1.68. The fourth-order valence-corrected chi connectivity index (χ4v) is 3.06. The molecule has 0 spiro atoms. The van der Waals surface area contributed by atoms with Gasteiger partial charge in [-0.3, -0.25) is 14.9 Å². The molecule has 0 bridgehead atoms. The first-order valence-corrected chi connectivity index (χ1v) is 7.53. The highest BCUT2D eigenvalue weighted by atomic mass is 19.1. The number of pyridine rings is 1. The van der Waals surface area contributed by atoms with Gasteiger partial charge in [0, 0.05) is 12.7 Å². The smallest absolute Gasteiger partial charge is 0.263 e. The maximum atomic E-state index is 12.8. The number of anilines is 1. The molecule has 0 aromatic carbocycles. The molecule has 1 aliphatic rings. The molecule has 0 fully saturated rings. The number of rotatable bonds is 3. The summed E-state index contributed by atoms with van der Waals surface area (Å²) >= 11 is 0. The molecule has 0 saturated heterocycles. The summed E-state index contributed by atoms with van der Waals surface area (Å²) in [6.45, 7) is 2.09. The van der Waals surface area contributed by atoms with Gasteiger partial charge in [0.05, 0.1) is 12.4 Å². The highest BCUT2D eigenvalue weighted by Gasteiger charge is 2.26. The SMILES string of the molecule is CC[C@@H]1CCc2c1cc(C(=O)Nc1ncc(F)cn1)c(=O)n2C. The molecule has 0 saturated carbocycles. The van der Waals surface area contributed by atoms with E-state index in [4.69, 9.17) is 0 Å². The maximum Gasteiger partial charge on any atom is 0.263 e. The number of halogens is 1. The first kappa shape index (κ1) is 15.3. The second-order valence-electron chi connectivity index (χ2n) is 5.65. The number of fused-ring (bicyclic) bond motifs is 1. The molecule has 0 radical (unpaired) electrons. The molecule has 7 heteroatoms. The van der Waals surface area contributed by atoms with Crippen LogP contribution in [0.3, 0.4) is 0 Å². The lowest BCUT2D eigenvalue weighted by Crippen LogP contribution is -2.30. The zero-order valence-corrected chi connectivity index (χ0v) is 13.0. The van der Waals surface area contributed by atoms with E-state index in [0.29, 0.717) is 5.92 Å². The average Bonchev–Trinajstić information content (AvgIpc) is 2.96. The van der Waals surface area contributed by atoms with E-state index in [0.717, 1.165) is 42.9 Å². The monoisotopic (exact) mass is 316 g/mol. The van der Waals surface area contributed by atoms with E-state index < -0.39 is 11.7 Å². The zero-order valence-electron chi connectivity index (χ0n) is 13.0. The van der Waals surface area contributed by atoms with E-state index in [-0.39, 0.29) is 17.1 Å². The van der Waals surface area contributed by atoms with Crippen LogP contribution < -0.4 is 10.9 Å². The summed E-state index contributed by atoms with van der Waals surface area (Å²) in [5, 5.41) is 2.44. The molecule has 2 aromatic heterocycles. The van der Waals surface area contributed by atoms with Crippen LogP contribution in [0.2, 0.25) is 0 Å². The van der Waals surface area contributed by atoms with Crippen molar-refractivity contribution in [3.63, 3.8) is 0 Å². The van der Waals surface area contributed by atoms with Crippen molar-refractivity contribution in [2.45, 2.75) is 32.1 Å². The number of aromatic nitrogens is 3. The van der Waals surface area contributed by atoms with E-state index in [2.05, 4.69) is 22.2 Å². The molecule has 6 nitrogen and oxygen atoms in total. The van der Waals surface area contributed by atoms with Gasteiger partial charge in [0.25, 0.3) is 11.5 Å². The second-order valence-corrected chi connectivity index (χ2v) is 5.65. The third kappa shape index (κ3) is 2.74. The van der Waals surface area contributed by atoms with Crippen molar-refractivity contribution in [2.75, 3.05) is 5.32 Å². The Morgan fingerprint density at radius 1 is 1.43 bits per heavy atom. The second kappa shape index (κ2) is 5.91. The number of nitrogens with zero attached hydrogens (tertiary/aromatic N) is 3. The van der Waals surface area contributed by atoms with Crippen LogP contribution in [0, 0.1) is 5.82 Å². The van der Waals surface area contributed by atoms with E-state index in [1.165, 1.54) is 0 Å². The van der Waals surface area contributed by atoms with Gasteiger partial charge in [-0.15, -0.1) is 0 Å². The van der Waals surface area contributed by atoms with Crippen molar-refractivity contribution in [1.82, 2.24) is 14.5 Å². The lowest BCUT2D eigenvalue weighted by molar-refractivity contribution is 0.102. The Balaban J connectivity index is 1.96. The molecule has 1 aliphatic carbocycles. The van der Waals surface area contributed by atoms with Crippen LogP contribution in [-0.4, -0.2) is 20.4 Å². The van der Waals surface area contributed by atoms with Crippen LogP contribution in [-0.2, 0) is 13.5 Å². The molecule has 0 aliphatic heterocycles. The quantitative estimate of drug-likeness (QED) is 0.939. The molecule has 23 heavy (non-hydrogen) atoms. The molecule has 1 amide bonds. The predicted molar refractivity (Wildman–Crippen MR) is 83.0 cm³/mol. The minimum absolute atomic E-state index is 0.0361. The van der Waals surface area contributed by atoms with Crippen LogP contribution in [0.15, 0.2) is 23.3 Å². The van der Waals surface area contributed by atoms with Gasteiger partial charge in [-0.1, -0.05) is 6.92 Å². The predicted octanol–water partition coefficient (Wildman–Crippen LogP) is 2.01. The van der Waals surface area contributed by atoms with Crippen LogP contribution in [0.4, 0.5) is 10.3 Å². The lowest BCUT2D eigenvalue weighted by atomic mass is 9.98. The molecule has 2 heterocycles. The Kier molecular flexibility index (Phi) is 3.94. The minimum atomic E-state index is -0.595. The van der Waals surface area contributed by atoms with Crippen molar-refractivity contribution in [3.8, 4) is 0 Å². The Morgan fingerprint density at radius 3 is 2.78 bits per heavy atom. The summed E-state index contributed by atoms with van der Waals surface area (Å²) in [7, 11) is 1.68. The highest BCUT2D eigenvalue weighted by Crippen LogP contribution is 2.34. The first-order chi connectivity index (χ1) is 11.0. The van der Waals surface area contributed by atoms with Gasteiger partial charge >= 0.3 is 0 Å². The number of hydrogen-bond acceptors (Lipinski definition) is 4. The zero-order chi connectivity index (χ0) is 16.6. The molecule has 120 valence electrons. The topological polar surface area (TPSA) is 76.9 Å². The number of nitrogens with one attached hydrogen (secondary N) is 1. The molecule has 3 rings (SSSR count). The normalized spacial score (nSPS) is 16.2. The largest absolute Gasteiger partial charge is 0.315 e. The Hall–Kier alpha value is -2.57. The summed E-state index contributed by atoms with van der Waals surface area (Å²) in [4.78, 5) is 32.1. The highest BCUT2D eigenvalue weighted by molar-refractivity contribution is 6.03. The number of hydrogen-bond donors (Lipinski definition) is 1. The van der Waals surface area contributed by atoms with E-state index in [1.807, 2.05) is 0 Å². The maximum absolute atomic E-state index is 12.8. The fourth-order valence-electron chi connectivity index (χ4n) is 3.06. The van der Waals surface area contributed by atoms with Gasteiger partial charge < -0.3 is 4.57 Å². The van der Waals surface area contributed by atoms with Crippen molar-refractivity contribution in [3.05, 3.63) is 51.5 Å². The van der Waals surface area contributed by atoms with Gasteiger partial charge in [-0.2, -0.15) is 0 Å². The Labute approximate surface area is 132 Å². The van der Waals surface area contributed by atoms with Crippen LogP contribution in [0.25, 0.3) is 0 Å². The van der Waals surface area contributed by atoms with Crippen molar-refractivity contribution < 1.29 is 9.18 Å². The molecule has 1 atom stereocenters. The van der Waals surface area contributed by atoms with E-state index >= 15 is 0 Å². The van der Waals surface area contributed by atoms with Gasteiger partial charge in [-0.05, 0) is 36.8 Å². The third-order valence-electron chi connectivity index (χ3n) is 4.33. The average molecular weight is 316 g/mol. The standard InChI is InChI=1S/C16H17FN4O2/c1-3-9-4-5-13-11(9)6-12(15(23)21(13)2)14(22)20-16-18-7-10(17)8-19-16/h6-9H,3-5H2,1-2H3,(H,18,19,20,22)/t9-/m1/s1. The summed E-state index contributed by atoms with van der Waals surface area (Å²) in [6.07, 6.45) is 4.72. The minimum Gasteiger partial charge on any atom is -0.315 e. The number of carbonyl (C=O) groups is 1. The summed E-state index contributed by atoms with van der Waals surface area (Å²) in [5.74, 6) is -0.847. The Morgan fingerprint density at radius 2 is 2.13 bits per heavy atom. The van der Waals surface area contributed by atoms with Gasteiger partial charge in [0.15, 0.2) is 5.82 Å². The van der Waals surface area contributed by atoms with Crippen LogP contribution >= 0.6 is 0 Å². The number of carbonyl (C=O) groups excluding carboxylic acids is 1. The van der Waals surface area contributed by atoms with E-state index in [1.54, 1.807) is 17.7 Å². The first-order valence-electron chi connectivity index (χ1n) is 7.53. The lowest BCUT2D eigenvalue weighted by Gasteiger charge is -2.13. The van der Waals surface area contributed by atoms with Crippen molar-refractivity contribution in [2.24, 2.45) is 7.05 Å². The Bertz CT molecular complexity index is 814. The molecular weight excluding hydrogens is 299 g/mol. The molecular formula is C16H17FN4O2. The molecule has 2 aromatic rings. The summed E-state index contributed by atoms with van der Waals surface area (Å²) < 4.78 is 14.4. The van der Waals surface area contributed by atoms with Crippen LogP contribution in [0.5, 0.6) is 0 Å². The van der Waals surface area contributed by atoms with Gasteiger partial charge in [0.2, 0.25) is 5.95 Å². The van der Waals surface area contributed by atoms with Gasteiger partial charge in [0.1, 0.15) is 5.56 Å². The van der Waals surface area contributed by atoms with Gasteiger partial charge in [-0.25, -0.2) is 14.4 Å². The molecule has 1 N–H and O–H groups in total. The van der Waals surface area contributed by atoms with Crippen molar-refractivity contribution >= 4 is 11.9 Å². The number of amides is 1. The van der Waals surface area contributed by atoms with Crippen molar-refractivity contribution in [1.29, 1.82) is 0 Å². The van der Waals surface area contributed by atoms with Crippen LogP contribution in [0.1, 0.15) is 47.3 Å². The fraction of sp³-hybridized carbons (Fsp3) is 0.375. The van der Waals surface area contributed by atoms with E-state index in [9.17, 15) is 14.0 Å². The third-order valence-corrected chi connectivity index (χ3v) is 4.33.